The summed E-state index contributed by atoms with van der Waals surface area (Å²) in [6.07, 6.45) is 5.49. The van der Waals surface area contributed by atoms with Gasteiger partial charge in [-0.15, -0.1) is 0 Å². The van der Waals surface area contributed by atoms with Crippen LogP contribution in [0.1, 0.15) is 18.5 Å². The molecule has 146 valence electrons. The molecule has 1 fully saturated rings. The summed E-state index contributed by atoms with van der Waals surface area (Å²) in [5, 5.41) is 9.60. The second-order valence-electron chi connectivity index (χ2n) is 6.74. The summed E-state index contributed by atoms with van der Waals surface area (Å²) < 4.78 is 7.14. The number of nitriles is 1. The predicted octanol–water partition coefficient (Wildman–Crippen LogP) is 1.13. The fraction of sp³-hybridized carbons (Fsp3) is 0.300. The van der Waals surface area contributed by atoms with Crippen molar-refractivity contribution in [2.45, 2.75) is 25.5 Å². The van der Waals surface area contributed by atoms with Gasteiger partial charge in [0.1, 0.15) is 18.7 Å². The van der Waals surface area contributed by atoms with E-state index < -0.39 is 0 Å². The van der Waals surface area contributed by atoms with E-state index in [1.807, 2.05) is 12.1 Å². The average molecular weight is 390 g/mol. The van der Waals surface area contributed by atoms with E-state index in [0.717, 1.165) is 12.8 Å². The Morgan fingerprint density at radius 3 is 2.93 bits per heavy atom. The molecular weight excluding hydrogens is 372 g/mol. The van der Waals surface area contributed by atoms with Gasteiger partial charge in [-0.25, -0.2) is 15.0 Å². The minimum absolute atomic E-state index is 0.0853. The molecule has 4 rings (SSSR count). The third-order valence-corrected chi connectivity index (χ3v) is 4.82. The standard InChI is InChI=1S/C20H18N6O3/c21-10-17-19(23-8-7-22-17)29-14-4-3-9-25(11-14)18(27)12-26-13-24-16-6-2-1-5-15(16)20(26)28/h1-2,5-8,13-14H,3-4,9,11-12H2/t14-/m0/s1. The quantitative estimate of drug-likeness (QED) is 0.656. The molecule has 2 aromatic heterocycles. The third kappa shape index (κ3) is 3.91. The number of benzene rings is 1. The zero-order valence-electron chi connectivity index (χ0n) is 15.6. The lowest BCUT2D eigenvalue weighted by Gasteiger charge is -2.32. The summed E-state index contributed by atoms with van der Waals surface area (Å²) in [7, 11) is 0. The Morgan fingerprint density at radius 1 is 1.24 bits per heavy atom. The maximum atomic E-state index is 12.8. The van der Waals surface area contributed by atoms with E-state index in [-0.39, 0.29) is 35.7 Å². The van der Waals surface area contributed by atoms with Gasteiger partial charge in [0.05, 0.1) is 23.8 Å². The summed E-state index contributed by atoms with van der Waals surface area (Å²) in [5.41, 5.74) is 0.474. The molecule has 0 N–H and O–H groups in total. The molecule has 3 aromatic rings. The SMILES string of the molecule is N#Cc1nccnc1O[C@H]1CCCN(C(=O)Cn2cnc3ccccc3c2=O)C1. The van der Waals surface area contributed by atoms with Gasteiger partial charge in [0.2, 0.25) is 11.6 Å². The van der Waals surface area contributed by atoms with E-state index >= 15 is 0 Å². The Hall–Kier alpha value is -3.80. The van der Waals surface area contributed by atoms with E-state index in [0.29, 0.717) is 24.0 Å². The van der Waals surface area contributed by atoms with Crippen LogP contribution < -0.4 is 10.3 Å². The lowest BCUT2D eigenvalue weighted by molar-refractivity contribution is -0.134. The number of likely N-dealkylation sites (tertiary alicyclic amines) is 1. The van der Waals surface area contributed by atoms with Crippen LogP contribution in [0.3, 0.4) is 0 Å². The molecule has 1 saturated heterocycles. The van der Waals surface area contributed by atoms with Crippen molar-refractivity contribution in [3.05, 3.63) is 59.0 Å². The van der Waals surface area contributed by atoms with Crippen LogP contribution in [-0.4, -0.2) is 49.5 Å². The maximum Gasteiger partial charge on any atom is 0.261 e. The van der Waals surface area contributed by atoms with Gasteiger partial charge in [0, 0.05) is 18.9 Å². The molecule has 0 aliphatic carbocycles. The van der Waals surface area contributed by atoms with Gasteiger partial charge in [-0.3, -0.25) is 14.2 Å². The van der Waals surface area contributed by atoms with Crippen molar-refractivity contribution in [2.75, 3.05) is 13.1 Å². The van der Waals surface area contributed by atoms with Crippen molar-refractivity contribution >= 4 is 16.8 Å². The zero-order valence-corrected chi connectivity index (χ0v) is 15.6. The van der Waals surface area contributed by atoms with Crippen LogP contribution in [0.4, 0.5) is 0 Å². The molecule has 9 nitrogen and oxygen atoms in total. The zero-order chi connectivity index (χ0) is 20.2. The fourth-order valence-electron chi connectivity index (χ4n) is 3.37. The van der Waals surface area contributed by atoms with Gasteiger partial charge in [0.25, 0.3) is 11.4 Å². The van der Waals surface area contributed by atoms with Crippen LogP contribution in [0, 0.1) is 11.3 Å². The van der Waals surface area contributed by atoms with Crippen LogP contribution in [0.5, 0.6) is 5.88 Å². The number of carbonyl (C=O) groups excluding carboxylic acids is 1. The molecule has 1 amide bonds. The van der Waals surface area contributed by atoms with Gasteiger partial charge in [-0.2, -0.15) is 5.26 Å². The molecule has 0 unspecified atom stereocenters. The summed E-state index contributed by atoms with van der Waals surface area (Å²) in [6, 6.07) is 8.99. The van der Waals surface area contributed by atoms with Gasteiger partial charge < -0.3 is 9.64 Å². The van der Waals surface area contributed by atoms with E-state index in [4.69, 9.17) is 10.00 Å². The van der Waals surface area contributed by atoms with E-state index in [9.17, 15) is 9.59 Å². The van der Waals surface area contributed by atoms with Crippen LogP contribution >= 0.6 is 0 Å². The van der Waals surface area contributed by atoms with Gasteiger partial charge in [-0.1, -0.05) is 12.1 Å². The number of aromatic nitrogens is 4. The molecule has 0 bridgehead atoms. The number of ether oxygens (including phenoxy) is 1. The minimum Gasteiger partial charge on any atom is -0.470 e. The minimum atomic E-state index is -0.289. The first-order chi connectivity index (χ1) is 14.2. The van der Waals surface area contributed by atoms with Gasteiger partial charge >= 0.3 is 0 Å². The number of amides is 1. The second kappa shape index (κ2) is 8.06. The van der Waals surface area contributed by atoms with Crippen LogP contribution in [0.15, 0.2) is 47.8 Å². The number of hydrogen-bond donors (Lipinski definition) is 0. The normalized spacial score (nSPS) is 16.4. The Balaban J connectivity index is 1.46. The highest BCUT2D eigenvalue weighted by Gasteiger charge is 2.26. The van der Waals surface area contributed by atoms with Crippen LogP contribution in [-0.2, 0) is 11.3 Å². The summed E-state index contributed by atoms with van der Waals surface area (Å²) in [6.45, 7) is 0.855. The van der Waals surface area contributed by atoms with E-state index in [2.05, 4.69) is 15.0 Å². The smallest absolute Gasteiger partial charge is 0.261 e. The highest BCUT2D eigenvalue weighted by molar-refractivity contribution is 5.79. The van der Waals surface area contributed by atoms with Crippen molar-refractivity contribution in [3.63, 3.8) is 0 Å². The molecule has 29 heavy (non-hydrogen) atoms. The molecule has 1 aliphatic heterocycles. The summed E-state index contributed by atoms with van der Waals surface area (Å²) in [5.74, 6) is -0.0126. The molecule has 1 atom stereocenters. The van der Waals surface area contributed by atoms with Crippen LogP contribution in [0.25, 0.3) is 10.9 Å². The number of hydrogen-bond acceptors (Lipinski definition) is 7. The van der Waals surface area contributed by atoms with Gasteiger partial charge in [-0.05, 0) is 25.0 Å². The topological polar surface area (TPSA) is 114 Å². The lowest BCUT2D eigenvalue weighted by atomic mass is 10.1. The molecule has 3 heterocycles. The highest BCUT2D eigenvalue weighted by atomic mass is 16.5. The number of rotatable bonds is 4. The molecule has 1 aromatic carbocycles. The van der Waals surface area contributed by atoms with E-state index in [1.54, 1.807) is 23.1 Å². The van der Waals surface area contributed by atoms with Crippen molar-refractivity contribution < 1.29 is 9.53 Å². The Kier molecular flexibility index (Phi) is 5.16. The number of carbonyl (C=O) groups is 1. The molecule has 0 radical (unpaired) electrons. The maximum absolute atomic E-state index is 12.8. The van der Waals surface area contributed by atoms with Crippen molar-refractivity contribution in [1.29, 1.82) is 5.26 Å². The van der Waals surface area contributed by atoms with Crippen molar-refractivity contribution in [1.82, 2.24) is 24.4 Å². The number of piperidine rings is 1. The Labute approximate surface area is 166 Å². The van der Waals surface area contributed by atoms with Crippen molar-refractivity contribution in [3.8, 4) is 11.9 Å². The Morgan fingerprint density at radius 2 is 2.07 bits per heavy atom. The predicted molar refractivity (Wildman–Crippen MR) is 103 cm³/mol. The highest BCUT2D eigenvalue weighted by Crippen LogP contribution is 2.19. The largest absolute Gasteiger partial charge is 0.470 e. The Bertz CT molecular complexity index is 1150. The third-order valence-electron chi connectivity index (χ3n) is 4.82. The van der Waals surface area contributed by atoms with Crippen molar-refractivity contribution in [2.24, 2.45) is 0 Å². The number of nitrogens with zero attached hydrogens (tertiary/aromatic N) is 6. The van der Waals surface area contributed by atoms with Crippen LogP contribution in [0.2, 0.25) is 0 Å². The van der Waals surface area contributed by atoms with E-state index in [1.165, 1.54) is 23.3 Å². The first-order valence-electron chi connectivity index (χ1n) is 9.25. The number of fused-ring (bicyclic) bond motifs is 1. The first kappa shape index (κ1) is 18.6. The molecular formula is C20H18N6O3. The fourth-order valence-corrected chi connectivity index (χ4v) is 3.37. The monoisotopic (exact) mass is 390 g/mol. The summed E-state index contributed by atoms with van der Waals surface area (Å²) >= 11 is 0. The average Bonchev–Trinajstić information content (AvgIpc) is 2.76. The van der Waals surface area contributed by atoms with Gasteiger partial charge in [0.15, 0.2) is 0 Å². The number of para-hydroxylation sites is 1. The summed E-state index contributed by atoms with van der Waals surface area (Å²) in [4.78, 5) is 39.3. The first-order valence-corrected chi connectivity index (χ1v) is 9.25. The molecule has 9 heteroatoms. The second-order valence-corrected chi connectivity index (χ2v) is 6.74. The molecule has 0 saturated carbocycles. The molecule has 1 aliphatic rings. The molecule has 0 spiro atoms. The lowest BCUT2D eigenvalue weighted by Crippen LogP contribution is -2.46.